The Labute approximate surface area is 160 Å². The largest absolute Gasteiger partial charge is 0.355 e. The van der Waals surface area contributed by atoms with Crippen molar-refractivity contribution in [2.24, 2.45) is 5.92 Å². The number of pyridine rings is 1. The number of aryl methyl sites for hydroxylation is 3. The van der Waals surface area contributed by atoms with Gasteiger partial charge in [-0.05, 0) is 61.6 Å². The van der Waals surface area contributed by atoms with Gasteiger partial charge in [-0.2, -0.15) is 0 Å². The Balaban J connectivity index is 1.51. The standard InChI is InChI=1S/C22H27N3O2/c1-15-10-16(2)20(17(3)11-15)6-9-24-22(27)19-12-21(26)25(14-19)13-18-4-7-23-8-5-18/h4-5,7-8,10-11,19H,6,9,12-14H2,1-3H3,(H,24,27). The average Bonchev–Trinajstić information content (AvgIpc) is 2.98. The monoisotopic (exact) mass is 365 g/mol. The zero-order valence-electron chi connectivity index (χ0n) is 16.3. The first-order valence-corrected chi connectivity index (χ1v) is 9.45. The first-order chi connectivity index (χ1) is 12.9. The molecule has 1 N–H and O–H groups in total. The predicted molar refractivity (Wildman–Crippen MR) is 105 cm³/mol. The molecule has 3 rings (SSSR count). The molecule has 2 aromatic rings. The Morgan fingerprint density at radius 2 is 1.85 bits per heavy atom. The number of amides is 2. The highest BCUT2D eigenvalue weighted by Crippen LogP contribution is 2.21. The van der Waals surface area contributed by atoms with Crippen LogP contribution in [0.2, 0.25) is 0 Å². The van der Waals surface area contributed by atoms with Crippen molar-refractivity contribution in [3.05, 3.63) is 64.5 Å². The van der Waals surface area contributed by atoms with Gasteiger partial charge in [0.1, 0.15) is 0 Å². The van der Waals surface area contributed by atoms with E-state index in [4.69, 9.17) is 0 Å². The zero-order valence-corrected chi connectivity index (χ0v) is 16.3. The topological polar surface area (TPSA) is 62.3 Å². The molecule has 0 saturated carbocycles. The van der Waals surface area contributed by atoms with Crippen molar-refractivity contribution < 1.29 is 9.59 Å². The van der Waals surface area contributed by atoms with Crippen molar-refractivity contribution >= 4 is 11.8 Å². The van der Waals surface area contributed by atoms with Crippen LogP contribution in [0.5, 0.6) is 0 Å². The van der Waals surface area contributed by atoms with Crippen LogP contribution in [0, 0.1) is 26.7 Å². The van der Waals surface area contributed by atoms with Crippen LogP contribution < -0.4 is 5.32 Å². The second-order valence-electron chi connectivity index (χ2n) is 7.45. The Morgan fingerprint density at radius 1 is 1.19 bits per heavy atom. The van der Waals surface area contributed by atoms with E-state index >= 15 is 0 Å². The van der Waals surface area contributed by atoms with Crippen LogP contribution in [0.25, 0.3) is 0 Å². The number of aromatic nitrogens is 1. The minimum atomic E-state index is -0.264. The molecule has 1 fully saturated rings. The van der Waals surface area contributed by atoms with Crippen LogP contribution in [0.4, 0.5) is 0 Å². The number of nitrogens with zero attached hydrogens (tertiary/aromatic N) is 2. The fourth-order valence-corrected chi connectivity index (χ4v) is 3.87. The van der Waals surface area contributed by atoms with Gasteiger partial charge in [-0.15, -0.1) is 0 Å². The number of likely N-dealkylation sites (tertiary alicyclic amines) is 1. The van der Waals surface area contributed by atoms with Crippen molar-refractivity contribution in [3.8, 4) is 0 Å². The third-order valence-electron chi connectivity index (χ3n) is 5.22. The first-order valence-electron chi connectivity index (χ1n) is 9.45. The van der Waals surface area contributed by atoms with Crippen molar-refractivity contribution in [2.75, 3.05) is 13.1 Å². The van der Waals surface area contributed by atoms with E-state index in [0.29, 0.717) is 26.1 Å². The first kappa shape index (κ1) is 19.1. The maximum Gasteiger partial charge on any atom is 0.225 e. The van der Waals surface area contributed by atoms with Gasteiger partial charge in [-0.25, -0.2) is 0 Å². The molecule has 2 heterocycles. The smallest absolute Gasteiger partial charge is 0.225 e. The Bertz CT molecular complexity index is 810. The molecule has 0 bridgehead atoms. The van der Waals surface area contributed by atoms with Gasteiger partial charge in [0.25, 0.3) is 0 Å². The van der Waals surface area contributed by atoms with E-state index in [9.17, 15) is 9.59 Å². The van der Waals surface area contributed by atoms with Gasteiger partial charge >= 0.3 is 0 Å². The van der Waals surface area contributed by atoms with Gasteiger partial charge in [0.05, 0.1) is 5.92 Å². The maximum absolute atomic E-state index is 12.5. The molecule has 5 nitrogen and oxygen atoms in total. The second kappa shape index (κ2) is 8.33. The van der Waals surface area contributed by atoms with E-state index < -0.39 is 0 Å². The van der Waals surface area contributed by atoms with Crippen LogP contribution >= 0.6 is 0 Å². The van der Waals surface area contributed by atoms with Crippen molar-refractivity contribution in [2.45, 2.75) is 40.2 Å². The van der Waals surface area contributed by atoms with Gasteiger partial charge in [0.2, 0.25) is 11.8 Å². The lowest BCUT2D eigenvalue weighted by Gasteiger charge is -2.17. The molecule has 5 heteroatoms. The fourth-order valence-electron chi connectivity index (χ4n) is 3.87. The van der Waals surface area contributed by atoms with Gasteiger partial charge in [0, 0.05) is 38.4 Å². The summed E-state index contributed by atoms with van der Waals surface area (Å²) in [6.07, 6.45) is 4.54. The number of benzene rings is 1. The normalized spacial score (nSPS) is 16.6. The summed E-state index contributed by atoms with van der Waals surface area (Å²) in [4.78, 5) is 30.5. The molecule has 1 aliphatic rings. The number of carbonyl (C=O) groups excluding carboxylic acids is 2. The highest BCUT2D eigenvalue weighted by molar-refractivity contribution is 5.89. The highest BCUT2D eigenvalue weighted by Gasteiger charge is 2.34. The van der Waals surface area contributed by atoms with Gasteiger partial charge in [-0.1, -0.05) is 17.7 Å². The molecule has 1 atom stereocenters. The van der Waals surface area contributed by atoms with Crippen molar-refractivity contribution in [1.82, 2.24) is 15.2 Å². The number of hydrogen-bond acceptors (Lipinski definition) is 3. The molecule has 1 aromatic heterocycles. The van der Waals surface area contributed by atoms with E-state index in [1.54, 1.807) is 17.3 Å². The lowest BCUT2D eigenvalue weighted by Crippen LogP contribution is -2.34. The summed E-state index contributed by atoms with van der Waals surface area (Å²) in [6.45, 7) is 7.94. The van der Waals surface area contributed by atoms with Gasteiger partial charge < -0.3 is 10.2 Å². The minimum absolute atomic E-state index is 0.0250. The Kier molecular flexibility index (Phi) is 5.89. The lowest BCUT2D eigenvalue weighted by atomic mass is 9.97. The Hall–Kier alpha value is -2.69. The minimum Gasteiger partial charge on any atom is -0.355 e. The highest BCUT2D eigenvalue weighted by atomic mass is 16.2. The summed E-state index contributed by atoms with van der Waals surface area (Å²) in [7, 11) is 0. The molecular weight excluding hydrogens is 338 g/mol. The SMILES string of the molecule is Cc1cc(C)c(CCNC(=O)C2CC(=O)N(Cc3ccncc3)C2)c(C)c1. The summed E-state index contributed by atoms with van der Waals surface area (Å²) in [6, 6.07) is 8.15. The number of nitrogens with one attached hydrogen (secondary N) is 1. The second-order valence-corrected chi connectivity index (χ2v) is 7.45. The summed E-state index contributed by atoms with van der Waals surface area (Å²) >= 11 is 0. The van der Waals surface area contributed by atoms with E-state index in [-0.39, 0.29) is 17.7 Å². The molecule has 1 aliphatic heterocycles. The molecule has 142 valence electrons. The zero-order chi connectivity index (χ0) is 19.4. The maximum atomic E-state index is 12.5. The van der Waals surface area contributed by atoms with Crippen LogP contribution in [-0.4, -0.2) is 34.8 Å². The third-order valence-corrected chi connectivity index (χ3v) is 5.22. The van der Waals surface area contributed by atoms with Crippen LogP contribution in [-0.2, 0) is 22.6 Å². The summed E-state index contributed by atoms with van der Waals surface area (Å²) in [5, 5.41) is 3.02. The van der Waals surface area contributed by atoms with Crippen LogP contribution in [0.1, 0.15) is 34.2 Å². The predicted octanol–water partition coefficient (Wildman–Crippen LogP) is 2.71. The molecule has 0 radical (unpaired) electrons. The van der Waals surface area contributed by atoms with Crippen LogP contribution in [0.3, 0.4) is 0 Å². The summed E-state index contributed by atoms with van der Waals surface area (Å²) in [5.74, 6) is -0.250. The molecule has 1 saturated heterocycles. The van der Waals surface area contributed by atoms with E-state index in [1.165, 1.54) is 22.3 Å². The Morgan fingerprint density at radius 3 is 2.52 bits per heavy atom. The summed E-state index contributed by atoms with van der Waals surface area (Å²) < 4.78 is 0. The quantitative estimate of drug-likeness (QED) is 0.856. The fraction of sp³-hybridized carbons (Fsp3) is 0.409. The third kappa shape index (κ3) is 4.73. The van der Waals surface area contributed by atoms with Crippen molar-refractivity contribution in [3.63, 3.8) is 0 Å². The van der Waals surface area contributed by atoms with Gasteiger partial charge in [-0.3, -0.25) is 14.6 Å². The molecule has 2 amide bonds. The van der Waals surface area contributed by atoms with Crippen LogP contribution in [0.15, 0.2) is 36.7 Å². The molecular formula is C22H27N3O2. The van der Waals surface area contributed by atoms with E-state index in [2.05, 4.69) is 43.2 Å². The van der Waals surface area contributed by atoms with E-state index in [0.717, 1.165) is 12.0 Å². The molecule has 1 unspecified atom stereocenters. The molecule has 1 aromatic carbocycles. The van der Waals surface area contributed by atoms with Gasteiger partial charge in [0.15, 0.2) is 0 Å². The van der Waals surface area contributed by atoms with E-state index in [1.807, 2.05) is 12.1 Å². The lowest BCUT2D eigenvalue weighted by molar-refractivity contribution is -0.129. The average molecular weight is 365 g/mol. The molecule has 27 heavy (non-hydrogen) atoms. The molecule has 0 spiro atoms. The number of rotatable bonds is 6. The number of hydrogen-bond donors (Lipinski definition) is 1. The van der Waals surface area contributed by atoms with Crippen molar-refractivity contribution in [1.29, 1.82) is 0 Å². The number of carbonyl (C=O) groups is 2. The molecule has 0 aliphatic carbocycles. The summed E-state index contributed by atoms with van der Waals surface area (Å²) in [5.41, 5.74) is 6.12.